The van der Waals surface area contributed by atoms with E-state index in [2.05, 4.69) is 58.1 Å². The second kappa shape index (κ2) is 8.08. The van der Waals surface area contributed by atoms with Crippen LogP contribution in [0.5, 0.6) is 5.75 Å². The average Bonchev–Trinajstić information content (AvgIpc) is 2.49. The maximum Gasteiger partial charge on any atom is 0.119 e. The Morgan fingerprint density at radius 1 is 1.00 bits per heavy atom. The van der Waals surface area contributed by atoms with Crippen molar-refractivity contribution in [2.24, 2.45) is 0 Å². The van der Waals surface area contributed by atoms with E-state index in [1.54, 1.807) is 0 Å². The molecule has 2 aromatic carbocycles. The third-order valence-corrected chi connectivity index (χ3v) is 3.71. The Balaban J connectivity index is 1.78. The smallest absolute Gasteiger partial charge is 0.119 e. The number of benzene rings is 2. The van der Waals surface area contributed by atoms with Crippen molar-refractivity contribution in [3.8, 4) is 5.75 Å². The summed E-state index contributed by atoms with van der Waals surface area (Å²) in [6.07, 6.45) is 0. The summed E-state index contributed by atoms with van der Waals surface area (Å²) in [5, 5.41) is 0. The Morgan fingerprint density at radius 3 is 2.35 bits per heavy atom. The van der Waals surface area contributed by atoms with Crippen molar-refractivity contribution in [3.05, 3.63) is 64.6 Å². The van der Waals surface area contributed by atoms with E-state index in [0.29, 0.717) is 6.61 Å². The average molecular weight is 334 g/mol. The predicted octanol–water partition coefficient (Wildman–Crippen LogP) is 4.35. The molecule has 2 aromatic rings. The molecule has 3 heteroatoms. The molecule has 0 aliphatic heterocycles. The molecule has 106 valence electrons. The van der Waals surface area contributed by atoms with E-state index in [1.807, 2.05) is 24.3 Å². The highest BCUT2D eigenvalue weighted by atomic mass is 79.9. The summed E-state index contributed by atoms with van der Waals surface area (Å²) in [6.45, 7) is 5.83. The van der Waals surface area contributed by atoms with Crippen molar-refractivity contribution in [3.63, 3.8) is 0 Å². The lowest BCUT2D eigenvalue weighted by molar-refractivity contribution is 0.210. The summed E-state index contributed by atoms with van der Waals surface area (Å²) in [7, 11) is 0. The number of hydrogen-bond acceptors (Lipinski definition) is 2. The molecule has 0 radical (unpaired) electrons. The van der Waals surface area contributed by atoms with Crippen LogP contribution in [0.1, 0.15) is 12.5 Å². The number of nitrogens with zero attached hydrogens (tertiary/aromatic N) is 1. The normalized spacial score (nSPS) is 10.8. The molecule has 0 heterocycles. The number of rotatable bonds is 7. The van der Waals surface area contributed by atoms with Gasteiger partial charge in [0.2, 0.25) is 0 Å². The summed E-state index contributed by atoms with van der Waals surface area (Å²) >= 11 is 3.42. The first-order valence-electron chi connectivity index (χ1n) is 6.92. The van der Waals surface area contributed by atoms with E-state index < -0.39 is 0 Å². The number of hydrogen-bond donors (Lipinski definition) is 0. The molecule has 0 unspecified atom stereocenters. The Bertz CT molecular complexity index is 498. The first-order chi connectivity index (χ1) is 9.78. The minimum absolute atomic E-state index is 0.711. The molecule has 0 fully saturated rings. The summed E-state index contributed by atoms with van der Waals surface area (Å²) < 4.78 is 6.84. The van der Waals surface area contributed by atoms with Gasteiger partial charge in [-0.2, -0.15) is 0 Å². The van der Waals surface area contributed by atoms with Gasteiger partial charge in [0.05, 0.1) is 0 Å². The topological polar surface area (TPSA) is 12.5 Å². The van der Waals surface area contributed by atoms with Crippen molar-refractivity contribution < 1.29 is 4.74 Å². The van der Waals surface area contributed by atoms with Gasteiger partial charge in [0.25, 0.3) is 0 Å². The van der Waals surface area contributed by atoms with Gasteiger partial charge in [-0.1, -0.05) is 53.2 Å². The monoisotopic (exact) mass is 333 g/mol. The molecule has 0 amide bonds. The molecule has 20 heavy (non-hydrogen) atoms. The molecule has 2 rings (SSSR count). The minimum Gasteiger partial charge on any atom is -0.492 e. The first-order valence-corrected chi connectivity index (χ1v) is 7.72. The van der Waals surface area contributed by atoms with E-state index in [9.17, 15) is 0 Å². The molecule has 2 nitrogen and oxygen atoms in total. The van der Waals surface area contributed by atoms with Gasteiger partial charge in [-0.15, -0.1) is 0 Å². The zero-order chi connectivity index (χ0) is 14.2. The van der Waals surface area contributed by atoms with Crippen LogP contribution >= 0.6 is 15.9 Å². The van der Waals surface area contributed by atoms with Gasteiger partial charge in [-0.05, 0) is 36.4 Å². The molecular weight excluding hydrogens is 314 g/mol. The summed E-state index contributed by atoms with van der Waals surface area (Å²) in [5.41, 5.74) is 1.35. The van der Waals surface area contributed by atoms with Crippen LogP contribution in [0.2, 0.25) is 0 Å². The fourth-order valence-corrected chi connectivity index (χ4v) is 2.28. The molecule has 0 spiro atoms. The van der Waals surface area contributed by atoms with Crippen LogP contribution in [-0.4, -0.2) is 24.6 Å². The molecule has 0 saturated carbocycles. The second-order valence-corrected chi connectivity index (χ2v) is 5.57. The Morgan fingerprint density at radius 2 is 1.70 bits per heavy atom. The van der Waals surface area contributed by atoms with Crippen molar-refractivity contribution in [2.75, 3.05) is 19.7 Å². The van der Waals surface area contributed by atoms with Gasteiger partial charge in [-0.25, -0.2) is 0 Å². The molecule has 0 aliphatic carbocycles. The van der Waals surface area contributed by atoms with E-state index in [1.165, 1.54) is 5.56 Å². The van der Waals surface area contributed by atoms with Gasteiger partial charge in [0.15, 0.2) is 0 Å². The third kappa shape index (κ3) is 4.99. The number of likely N-dealkylation sites (N-methyl/N-ethyl adjacent to an activating group) is 1. The SMILES string of the molecule is CCN(CCOc1ccc(Br)cc1)Cc1ccccc1. The third-order valence-electron chi connectivity index (χ3n) is 3.19. The number of ether oxygens (including phenoxy) is 1. The van der Waals surface area contributed by atoms with Crippen LogP contribution in [0, 0.1) is 0 Å². The maximum absolute atomic E-state index is 5.77. The molecule has 0 aliphatic rings. The lowest BCUT2D eigenvalue weighted by atomic mass is 10.2. The highest BCUT2D eigenvalue weighted by Gasteiger charge is 2.03. The van der Waals surface area contributed by atoms with Gasteiger partial charge in [-0.3, -0.25) is 4.90 Å². The van der Waals surface area contributed by atoms with Crippen LogP contribution in [0.4, 0.5) is 0 Å². The van der Waals surface area contributed by atoms with Gasteiger partial charge < -0.3 is 4.74 Å². The van der Waals surface area contributed by atoms with E-state index in [0.717, 1.165) is 29.9 Å². The summed E-state index contributed by atoms with van der Waals surface area (Å²) in [6, 6.07) is 18.5. The molecule has 0 N–H and O–H groups in total. The van der Waals surface area contributed by atoms with Gasteiger partial charge in [0, 0.05) is 17.6 Å². The highest BCUT2D eigenvalue weighted by Crippen LogP contribution is 2.16. The van der Waals surface area contributed by atoms with Crippen LogP contribution in [0.3, 0.4) is 0 Å². The van der Waals surface area contributed by atoms with Crippen molar-refractivity contribution >= 4 is 15.9 Å². The lowest BCUT2D eigenvalue weighted by Gasteiger charge is -2.20. The zero-order valence-corrected chi connectivity index (χ0v) is 13.3. The summed E-state index contributed by atoms with van der Waals surface area (Å²) in [5.74, 6) is 0.920. The molecule has 0 atom stereocenters. The predicted molar refractivity (Wildman–Crippen MR) is 87.0 cm³/mol. The fraction of sp³-hybridized carbons (Fsp3) is 0.294. The van der Waals surface area contributed by atoms with E-state index >= 15 is 0 Å². The van der Waals surface area contributed by atoms with Crippen molar-refractivity contribution in [2.45, 2.75) is 13.5 Å². The fourth-order valence-electron chi connectivity index (χ4n) is 2.01. The maximum atomic E-state index is 5.77. The lowest BCUT2D eigenvalue weighted by Crippen LogP contribution is -2.27. The van der Waals surface area contributed by atoms with E-state index in [4.69, 9.17) is 4.74 Å². The van der Waals surface area contributed by atoms with Crippen LogP contribution in [0.15, 0.2) is 59.1 Å². The highest BCUT2D eigenvalue weighted by molar-refractivity contribution is 9.10. The largest absolute Gasteiger partial charge is 0.492 e. The molecule has 0 bridgehead atoms. The first kappa shape index (κ1) is 15.1. The number of halogens is 1. The van der Waals surface area contributed by atoms with Crippen molar-refractivity contribution in [1.29, 1.82) is 0 Å². The molecular formula is C17H20BrNO. The second-order valence-electron chi connectivity index (χ2n) is 4.66. The Labute approximate surface area is 129 Å². The quantitative estimate of drug-likeness (QED) is 0.746. The minimum atomic E-state index is 0.711. The Hall–Kier alpha value is -1.32. The molecule has 0 saturated heterocycles. The Kier molecular flexibility index (Phi) is 6.09. The van der Waals surface area contributed by atoms with E-state index in [-0.39, 0.29) is 0 Å². The van der Waals surface area contributed by atoms with Gasteiger partial charge >= 0.3 is 0 Å². The van der Waals surface area contributed by atoms with Gasteiger partial charge in [0.1, 0.15) is 12.4 Å². The van der Waals surface area contributed by atoms with Crippen LogP contribution in [-0.2, 0) is 6.54 Å². The molecule has 0 aromatic heterocycles. The zero-order valence-electron chi connectivity index (χ0n) is 11.8. The van der Waals surface area contributed by atoms with Crippen LogP contribution in [0.25, 0.3) is 0 Å². The standard InChI is InChI=1S/C17H20BrNO/c1-2-19(14-15-6-4-3-5-7-15)12-13-20-17-10-8-16(18)9-11-17/h3-11H,2,12-14H2,1H3. The van der Waals surface area contributed by atoms with Crippen LogP contribution < -0.4 is 4.74 Å². The van der Waals surface area contributed by atoms with Crippen molar-refractivity contribution in [1.82, 2.24) is 4.90 Å². The summed E-state index contributed by atoms with van der Waals surface area (Å²) in [4.78, 5) is 2.38.